The Balaban J connectivity index is 2.27. The molecule has 0 aromatic rings. The van der Waals surface area contributed by atoms with E-state index in [0.717, 1.165) is 18.3 Å². The molecule has 0 aliphatic carbocycles. The molecular formula is C11H22N2S. The average molecular weight is 214 g/mol. The fourth-order valence-electron chi connectivity index (χ4n) is 1.17. The Hall–Kier alpha value is -0.180. The lowest BCUT2D eigenvalue weighted by Crippen LogP contribution is -2.31. The van der Waals surface area contributed by atoms with Gasteiger partial charge in [-0.1, -0.05) is 39.5 Å². The molecule has 1 aliphatic heterocycles. The van der Waals surface area contributed by atoms with Gasteiger partial charge in [-0.25, -0.2) is 0 Å². The van der Waals surface area contributed by atoms with Crippen molar-refractivity contribution in [3.8, 4) is 0 Å². The van der Waals surface area contributed by atoms with Crippen molar-refractivity contribution in [3.63, 3.8) is 0 Å². The fraction of sp³-hybridized carbons (Fsp3) is 0.909. The van der Waals surface area contributed by atoms with Gasteiger partial charge >= 0.3 is 0 Å². The van der Waals surface area contributed by atoms with Crippen molar-refractivity contribution in [3.05, 3.63) is 0 Å². The summed E-state index contributed by atoms with van der Waals surface area (Å²) in [7, 11) is 0. The van der Waals surface area contributed by atoms with Crippen molar-refractivity contribution in [1.82, 2.24) is 5.32 Å². The summed E-state index contributed by atoms with van der Waals surface area (Å²) in [6, 6.07) is 0. The first-order valence-corrected chi connectivity index (χ1v) is 6.40. The van der Waals surface area contributed by atoms with Crippen molar-refractivity contribution in [1.29, 1.82) is 0 Å². The molecule has 82 valence electrons. The molecule has 0 bridgehead atoms. The summed E-state index contributed by atoms with van der Waals surface area (Å²) in [6.45, 7) is 11.1. The molecule has 1 unspecified atom stereocenters. The van der Waals surface area contributed by atoms with E-state index in [4.69, 9.17) is 0 Å². The van der Waals surface area contributed by atoms with Gasteiger partial charge < -0.3 is 5.32 Å². The van der Waals surface area contributed by atoms with Gasteiger partial charge in [-0.3, -0.25) is 4.99 Å². The van der Waals surface area contributed by atoms with Crippen LogP contribution >= 0.6 is 11.8 Å². The third-order valence-corrected chi connectivity index (χ3v) is 4.16. The lowest BCUT2D eigenvalue weighted by atomic mass is 9.90. The summed E-state index contributed by atoms with van der Waals surface area (Å²) >= 11 is 1.90. The van der Waals surface area contributed by atoms with Gasteiger partial charge in [0.15, 0.2) is 5.17 Å². The number of thioether (sulfide) groups is 1. The van der Waals surface area contributed by atoms with Crippen LogP contribution in [0.1, 0.15) is 40.5 Å². The zero-order valence-corrected chi connectivity index (χ0v) is 10.6. The van der Waals surface area contributed by atoms with E-state index >= 15 is 0 Å². The van der Waals surface area contributed by atoms with E-state index in [9.17, 15) is 0 Å². The molecule has 3 heteroatoms. The maximum Gasteiger partial charge on any atom is 0.156 e. The molecule has 1 N–H and O–H groups in total. The molecule has 0 spiro atoms. The molecular weight excluding hydrogens is 192 g/mol. The average Bonchev–Trinajstić information content (AvgIpc) is 2.63. The number of amidine groups is 1. The van der Waals surface area contributed by atoms with E-state index in [1.54, 1.807) is 0 Å². The van der Waals surface area contributed by atoms with Gasteiger partial charge in [0.2, 0.25) is 0 Å². The normalized spacial score (nSPS) is 22.3. The smallest absolute Gasteiger partial charge is 0.156 e. The second-order valence-electron chi connectivity index (χ2n) is 4.67. The molecule has 1 aliphatic rings. The molecule has 14 heavy (non-hydrogen) atoms. The quantitative estimate of drug-likeness (QED) is 0.778. The van der Waals surface area contributed by atoms with Crippen LogP contribution in [-0.2, 0) is 0 Å². The van der Waals surface area contributed by atoms with Gasteiger partial charge in [-0.15, -0.1) is 0 Å². The Labute approximate surface area is 92.0 Å². The van der Waals surface area contributed by atoms with Crippen molar-refractivity contribution >= 4 is 16.9 Å². The maximum atomic E-state index is 4.49. The summed E-state index contributed by atoms with van der Waals surface area (Å²) < 4.78 is 0. The van der Waals surface area contributed by atoms with Gasteiger partial charge in [-0.05, 0) is 18.3 Å². The van der Waals surface area contributed by atoms with Crippen LogP contribution in [0.15, 0.2) is 4.99 Å². The van der Waals surface area contributed by atoms with Gasteiger partial charge in [-0.2, -0.15) is 0 Å². The fourth-order valence-corrected chi connectivity index (χ4v) is 2.10. The highest BCUT2D eigenvalue weighted by Crippen LogP contribution is 2.23. The van der Waals surface area contributed by atoms with Crippen LogP contribution in [0.4, 0.5) is 0 Å². The molecule has 0 saturated carbocycles. The first kappa shape index (κ1) is 11.9. The van der Waals surface area contributed by atoms with E-state index in [1.807, 2.05) is 11.8 Å². The molecule has 1 atom stereocenters. The van der Waals surface area contributed by atoms with Crippen molar-refractivity contribution in [2.45, 2.75) is 45.8 Å². The van der Waals surface area contributed by atoms with Crippen LogP contribution in [0.3, 0.4) is 0 Å². The summed E-state index contributed by atoms with van der Waals surface area (Å²) in [5, 5.41) is 5.31. The summed E-state index contributed by atoms with van der Waals surface area (Å²) in [5.74, 6) is 0. The predicted molar refractivity (Wildman–Crippen MR) is 66.0 cm³/mol. The Morgan fingerprint density at radius 1 is 1.50 bits per heavy atom. The molecule has 0 saturated heterocycles. The lowest BCUT2D eigenvalue weighted by Gasteiger charge is -2.23. The van der Waals surface area contributed by atoms with E-state index in [2.05, 4.69) is 38.0 Å². The monoisotopic (exact) mass is 214 g/mol. The Morgan fingerprint density at radius 3 is 2.71 bits per heavy atom. The number of nitrogens with one attached hydrogen (secondary N) is 1. The van der Waals surface area contributed by atoms with Crippen LogP contribution in [0.5, 0.6) is 0 Å². The zero-order valence-electron chi connectivity index (χ0n) is 9.76. The molecule has 0 radical (unpaired) electrons. The van der Waals surface area contributed by atoms with Crippen LogP contribution in [0.25, 0.3) is 0 Å². The first-order chi connectivity index (χ1) is 6.57. The SMILES string of the molecule is CCC1CN=C(NCC(C)(C)CC)S1. The Bertz CT molecular complexity index is 211. The van der Waals surface area contributed by atoms with E-state index in [1.165, 1.54) is 12.8 Å². The number of hydrogen-bond acceptors (Lipinski definition) is 3. The highest BCUT2D eigenvalue weighted by atomic mass is 32.2. The van der Waals surface area contributed by atoms with Gasteiger partial charge in [0, 0.05) is 11.8 Å². The Kier molecular flexibility index (Phi) is 4.30. The molecule has 1 heterocycles. The minimum absolute atomic E-state index is 0.382. The second-order valence-corrected chi connectivity index (χ2v) is 5.95. The van der Waals surface area contributed by atoms with Gasteiger partial charge in [0.25, 0.3) is 0 Å². The van der Waals surface area contributed by atoms with E-state index < -0.39 is 0 Å². The van der Waals surface area contributed by atoms with Crippen LogP contribution < -0.4 is 5.32 Å². The Morgan fingerprint density at radius 2 is 2.21 bits per heavy atom. The third-order valence-electron chi connectivity index (χ3n) is 2.85. The van der Waals surface area contributed by atoms with Gasteiger partial charge in [0.1, 0.15) is 0 Å². The standard InChI is InChI=1S/C11H22N2S/c1-5-9-7-12-10(14-9)13-8-11(3,4)6-2/h9H,5-8H2,1-4H3,(H,12,13). The molecule has 0 amide bonds. The molecule has 0 fully saturated rings. The number of rotatable bonds is 4. The maximum absolute atomic E-state index is 4.49. The molecule has 0 aromatic heterocycles. The van der Waals surface area contributed by atoms with E-state index in [-0.39, 0.29) is 0 Å². The second kappa shape index (κ2) is 5.06. The number of hydrogen-bond donors (Lipinski definition) is 1. The predicted octanol–water partition coefficient (Wildman–Crippen LogP) is 2.89. The topological polar surface area (TPSA) is 24.4 Å². The molecule has 1 rings (SSSR count). The number of nitrogens with zero attached hydrogens (tertiary/aromatic N) is 1. The summed E-state index contributed by atoms with van der Waals surface area (Å²) in [4.78, 5) is 4.49. The highest BCUT2D eigenvalue weighted by molar-refractivity contribution is 8.14. The van der Waals surface area contributed by atoms with Crippen molar-refractivity contribution in [2.75, 3.05) is 13.1 Å². The number of aliphatic imine (C=N–C) groups is 1. The first-order valence-electron chi connectivity index (χ1n) is 5.52. The van der Waals surface area contributed by atoms with Gasteiger partial charge in [0.05, 0.1) is 6.54 Å². The van der Waals surface area contributed by atoms with Crippen LogP contribution in [-0.4, -0.2) is 23.5 Å². The highest BCUT2D eigenvalue weighted by Gasteiger charge is 2.20. The van der Waals surface area contributed by atoms with Crippen LogP contribution in [0.2, 0.25) is 0 Å². The zero-order chi connectivity index (χ0) is 10.6. The van der Waals surface area contributed by atoms with Crippen molar-refractivity contribution < 1.29 is 0 Å². The summed E-state index contributed by atoms with van der Waals surface area (Å²) in [6.07, 6.45) is 2.42. The largest absolute Gasteiger partial charge is 0.364 e. The van der Waals surface area contributed by atoms with E-state index in [0.29, 0.717) is 10.7 Å². The minimum Gasteiger partial charge on any atom is -0.364 e. The minimum atomic E-state index is 0.382. The molecule has 2 nitrogen and oxygen atoms in total. The van der Waals surface area contributed by atoms with Crippen molar-refractivity contribution in [2.24, 2.45) is 10.4 Å². The van der Waals surface area contributed by atoms with Crippen LogP contribution in [0, 0.1) is 5.41 Å². The summed E-state index contributed by atoms with van der Waals surface area (Å²) in [5.41, 5.74) is 0.382. The lowest BCUT2D eigenvalue weighted by molar-refractivity contribution is 0.350. The molecule has 0 aromatic carbocycles. The third kappa shape index (κ3) is 3.52.